The number of rotatable bonds is 7. The summed E-state index contributed by atoms with van der Waals surface area (Å²) in [6.45, 7) is 3.57. The number of sulfonamides is 1. The Morgan fingerprint density at radius 3 is 2.30 bits per heavy atom. The van der Waals surface area contributed by atoms with Gasteiger partial charge in [0.1, 0.15) is 20.5 Å². The van der Waals surface area contributed by atoms with Crippen LogP contribution in [0.5, 0.6) is 0 Å². The van der Waals surface area contributed by atoms with E-state index in [2.05, 4.69) is 4.72 Å². The van der Waals surface area contributed by atoms with E-state index >= 15 is 0 Å². The maximum Gasteiger partial charge on any atom is 0.244 e. The molecule has 1 aromatic carbocycles. The van der Waals surface area contributed by atoms with Crippen LogP contribution in [0.4, 0.5) is 4.39 Å². The number of hydrogen-bond donors (Lipinski definition) is 1. The second-order valence-corrected chi connectivity index (χ2v) is 10.5. The smallest absolute Gasteiger partial charge is 0.244 e. The predicted octanol–water partition coefficient (Wildman–Crippen LogP) is -0.319. The molecule has 0 radical (unpaired) electrons. The highest BCUT2D eigenvalue weighted by Gasteiger charge is 2.29. The normalized spacial score (nSPS) is 17.7. The molecule has 1 aromatic rings. The van der Waals surface area contributed by atoms with E-state index < -0.39 is 42.5 Å². The molecule has 27 heavy (non-hydrogen) atoms. The monoisotopic (exact) mass is 421 g/mol. The molecule has 0 spiro atoms. The third-order valence-electron chi connectivity index (χ3n) is 4.29. The SMILES string of the molecule is C[C@H](NS(=O)(=O)c1ccccc1F)C(=O)N1CCN(CCS(C)(=O)=O)CC1. The summed E-state index contributed by atoms with van der Waals surface area (Å²) in [5.74, 6) is -1.23. The highest BCUT2D eigenvalue weighted by molar-refractivity contribution is 7.90. The molecule has 1 N–H and O–H groups in total. The zero-order valence-corrected chi connectivity index (χ0v) is 16.9. The third kappa shape index (κ3) is 6.23. The van der Waals surface area contributed by atoms with Crippen molar-refractivity contribution < 1.29 is 26.0 Å². The first-order valence-corrected chi connectivity index (χ1v) is 12.0. The van der Waals surface area contributed by atoms with Gasteiger partial charge in [-0.2, -0.15) is 4.72 Å². The summed E-state index contributed by atoms with van der Waals surface area (Å²) in [5, 5.41) is 0. The third-order valence-corrected chi connectivity index (χ3v) is 6.79. The van der Waals surface area contributed by atoms with Crippen LogP contribution in [0.15, 0.2) is 29.2 Å². The Morgan fingerprint density at radius 2 is 1.74 bits per heavy atom. The second-order valence-electron chi connectivity index (χ2n) is 6.57. The number of sulfone groups is 1. The minimum Gasteiger partial charge on any atom is -0.339 e. The molecule has 2 rings (SSSR count). The van der Waals surface area contributed by atoms with Gasteiger partial charge in [-0.15, -0.1) is 0 Å². The molecule has 1 atom stereocenters. The summed E-state index contributed by atoms with van der Waals surface area (Å²) >= 11 is 0. The van der Waals surface area contributed by atoms with Crippen LogP contribution in [0, 0.1) is 5.82 Å². The molecule has 1 saturated heterocycles. The average molecular weight is 422 g/mol. The highest BCUT2D eigenvalue weighted by atomic mass is 32.2. The zero-order chi connectivity index (χ0) is 20.2. The number of piperazine rings is 1. The Bertz CT molecular complexity index is 881. The molecule has 0 saturated carbocycles. The van der Waals surface area contributed by atoms with Crippen LogP contribution < -0.4 is 4.72 Å². The lowest BCUT2D eigenvalue weighted by Gasteiger charge is -2.35. The van der Waals surface area contributed by atoms with Gasteiger partial charge in [-0.1, -0.05) is 12.1 Å². The first-order chi connectivity index (χ1) is 12.5. The first-order valence-electron chi connectivity index (χ1n) is 8.45. The van der Waals surface area contributed by atoms with Crippen molar-refractivity contribution in [2.45, 2.75) is 17.9 Å². The molecule has 0 unspecified atom stereocenters. The van der Waals surface area contributed by atoms with Crippen molar-refractivity contribution >= 4 is 25.8 Å². The van der Waals surface area contributed by atoms with Crippen molar-refractivity contribution in [3.8, 4) is 0 Å². The predicted molar refractivity (Wildman–Crippen MR) is 98.9 cm³/mol. The second kappa shape index (κ2) is 8.63. The van der Waals surface area contributed by atoms with E-state index in [1.54, 1.807) is 0 Å². The van der Waals surface area contributed by atoms with Gasteiger partial charge in [0.2, 0.25) is 15.9 Å². The lowest BCUT2D eigenvalue weighted by Crippen LogP contribution is -2.54. The largest absolute Gasteiger partial charge is 0.339 e. The fourth-order valence-corrected chi connectivity index (χ4v) is 4.64. The summed E-state index contributed by atoms with van der Waals surface area (Å²) in [5.41, 5.74) is 0. The van der Waals surface area contributed by atoms with Gasteiger partial charge in [-0.3, -0.25) is 9.69 Å². The van der Waals surface area contributed by atoms with Crippen LogP contribution in [0.3, 0.4) is 0 Å². The maximum absolute atomic E-state index is 13.7. The molecular weight excluding hydrogens is 397 g/mol. The quantitative estimate of drug-likeness (QED) is 0.647. The van der Waals surface area contributed by atoms with Gasteiger partial charge in [0.05, 0.1) is 11.8 Å². The summed E-state index contributed by atoms with van der Waals surface area (Å²) in [6.07, 6.45) is 1.18. The minimum atomic E-state index is -4.16. The van der Waals surface area contributed by atoms with Crippen molar-refractivity contribution in [1.82, 2.24) is 14.5 Å². The molecule has 1 amide bonds. The van der Waals surface area contributed by atoms with Crippen LogP contribution in [-0.2, 0) is 24.7 Å². The number of hydrogen-bond acceptors (Lipinski definition) is 6. The number of carbonyl (C=O) groups excluding carboxylic acids is 1. The van der Waals surface area contributed by atoms with Crippen molar-refractivity contribution in [3.05, 3.63) is 30.1 Å². The molecule has 8 nitrogen and oxygen atoms in total. The van der Waals surface area contributed by atoms with Crippen molar-refractivity contribution in [2.24, 2.45) is 0 Å². The Balaban J connectivity index is 1.92. The summed E-state index contributed by atoms with van der Waals surface area (Å²) < 4.78 is 63.0. The molecule has 0 bridgehead atoms. The van der Waals surface area contributed by atoms with Gasteiger partial charge < -0.3 is 4.90 Å². The molecule has 1 aliphatic heterocycles. The molecular formula is C16H24FN3O5S2. The molecule has 0 aliphatic carbocycles. The number of benzene rings is 1. The highest BCUT2D eigenvalue weighted by Crippen LogP contribution is 2.14. The lowest BCUT2D eigenvalue weighted by atomic mass is 10.2. The van der Waals surface area contributed by atoms with E-state index in [1.165, 1.54) is 30.2 Å². The summed E-state index contributed by atoms with van der Waals surface area (Å²) in [6, 6.07) is 3.91. The van der Waals surface area contributed by atoms with E-state index in [0.717, 1.165) is 12.1 Å². The average Bonchev–Trinajstić information content (AvgIpc) is 2.59. The van der Waals surface area contributed by atoms with Gasteiger partial charge in [0.15, 0.2) is 0 Å². The number of halogens is 1. The first kappa shape index (κ1) is 21.7. The number of carbonyl (C=O) groups is 1. The van der Waals surface area contributed by atoms with Crippen LogP contribution >= 0.6 is 0 Å². The summed E-state index contributed by atoms with van der Waals surface area (Å²) in [4.78, 5) is 15.5. The molecule has 152 valence electrons. The van der Waals surface area contributed by atoms with Crippen molar-refractivity contribution in [3.63, 3.8) is 0 Å². The minimum absolute atomic E-state index is 0.0553. The molecule has 11 heteroatoms. The van der Waals surface area contributed by atoms with Crippen molar-refractivity contribution in [2.75, 3.05) is 44.7 Å². The Hall–Kier alpha value is -1.56. The van der Waals surface area contributed by atoms with Gasteiger partial charge in [-0.05, 0) is 19.1 Å². The van der Waals surface area contributed by atoms with E-state index in [4.69, 9.17) is 0 Å². The van der Waals surface area contributed by atoms with Gasteiger partial charge in [0, 0.05) is 39.0 Å². The van der Waals surface area contributed by atoms with Crippen LogP contribution in [0.1, 0.15) is 6.92 Å². The van der Waals surface area contributed by atoms with E-state index in [1.807, 2.05) is 4.90 Å². The van der Waals surface area contributed by atoms with Gasteiger partial charge in [-0.25, -0.2) is 21.2 Å². The van der Waals surface area contributed by atoms with Gasteiger partial charge in [0.25, 0.3) is 0 Å². The fraction of sp³-hybridized carbons (Fsp3) is 0.562. The van der Waals surface area contributed by atoms with Crippen LogP contribution in [-0.4, -0.2) is 83.3 Å². The summed E-state index contributed by atoms with van der Waals surface area (Å²) in [7, 11) is -7.21. The van der Waals surface area contributed by atoms with E-state index in [9.17, 15) is 26.0 Å². The number of nitrogens with zero attached hydrogens (tertiary/aromatic N) is 2. The molecule has 1 fully saturated rings. The Labute approximate surface area is 159 Å². The molecule has 1 aliphatic rings. The topological polar surface area (TPSA) is 104 Å². The number of nitrogens with one attached hydrogen (secondary N) is 1. The Morgan fingerprint density at radius 1 is 1.15 bits per heavy atom. The lowest BCUT2D eigenvalue weighted by molar-refractivity contribution is -0.134. The van der Waals surface area contributed by atoms with Crippen molar-refractivity contribution in [1.29, 1.82) is 0 Å². The maximum atomic E-state index is 13.7. The molecule has 1 heterocycles. The Kier molecular flexibility index (Phi) is 6.95. The standard InChI is InChI=1S/C16H24FN3O5S2/c1-13(18-27(24,25)15-6-4-3-5-14(15)17)16(21)20-9-7-19(8-10-20)11-12-26(2,22)23/h3-6,13,18H,7-12H2,1-2H3/t13-/m0/s1. The zero-order valence-electron chi connectivity index (χ0n) is 15.3. The van der Waals surface area contributed by atoms with Gasteiger partial charge >= 0.3 is 0 Å². The van der Waals surface area contributed by atoms with E-state index in [0.29, 0.717) is 32.7 Å². The fourth-order valence-electron chi connectivity index (χ4n) is 2.77. The van der Waals surface area contributed by atoms with Crippen LogP contribution in [0.2, 0.25) is 0 Å². The van der Waals surface area contributed by atoms with E-state index in [-0.39, 0.29) is 5.75 Å². The number of amides is 1. The molecule has 0 aromatic heterocycles. The van der Waals surface area contributed by atoms with Crippen LogP contribution in [0.25, 0.3) is 0 Å².